The molecule has 0 heterocycles. The van der Waals surface area contributed by atoms with E-state index in [9.17, 15) is 0 Å². The second-order valence-electron chi connectivity index (χ2n) is 4.96. The Morgan fingerprint density at radius 1 is 1.04 bits per heavy atom. The first-order valence-corrected chi connectivity index (χ1v) is 8.94. The van der Waals surface area contributed by atoms with Gasteiger partial charge in [0.15, 0.2) is 5.71 Å². The molecule has 5 heteroatoms. The van der Waals surface area contributed by atoms with Crippen molar-refractivity contribution in [2.45, 2.75) is 32.7 Å². The third-order valence-electron chi connectivity index (χ3n) is 3.29. The third-order valence-corrected chi connectivity index (χ3v) is 4.28. The second kappa shape index (κ2) is 11.8. The summed E-state index contributed by atoms with van der Waals surface area (Å²) in [7, 11) is 0. The van der Waals surface area contributed by atoms with Crippen molar-refractivity contribution in [1.29, 1.82) is 0 Å². The van der Waals surface area contributed by atoms with Gasteiger partial charge >= 0.3 is 0 Å². The van der Waals surface area contributed by atoms with Gasteiger partial charge in [-0.25, -0.2) is 0 Å². The Bertz CT molecular complexity index is 617. The van der Waals surface area contributed by atoms with Crippen LogP contribution in [0.3, 0.4) is 0 Å². The van der Waals surface area contributed by atoms with Crippen LogP contribution in [0.4, 0.5) is 0 Å². The summed E-state index contributed by atoms with van der Waals surface area (Å²) >= 11 is 6.79. The van der Waals surface area contributed by atoms with E-state index in [0.717, 1.165) is 33.1 Å². The third kappa shape index (κ3) is 8.11. The van der Waals surface area contributed by atoms with Gasteiger partial charge in [-0.15, -0.1) is 0 Å². The lowest BCUT2D eigenvalue weighted by Gasteiger charge is -2.08. The van der Waals surface area contributed by atoms with Crippen molar-refractivity contribution in [3.63, 3.8) is 0 Å². The lowest BCUT2D eigenvalue weighted by molar-refractivity contribution is -0.114. The fourth-order valence-corrected chi connectivity index (χ4v) is 2.68. The maximum absolute atomic E-state index is 5.84. The summed E-state index contributed by atoms with van der Waals surface area (Å²) in [6.45, 7) is 4.14. The lowest BCUT2D eigenvalue weighted by Crippen LogP contribution is -3.00. The summed E-state index contributed by atoms with van der Waals surface area (Å²) in [6, 6.07) is 16.3. The molecule has 2 aromatic carbocycles. The van der Waals surface area contributed by atoms with Gasteiger partial charge in [0.05, 0.1) is 0 Å². The monoisotopic (exact) mass is 460 g/mol. The smallest absolute Gasteiger partial charge is 0.179 e. The van der Waals surface area contributed by atoms with E-state index in [1.807, 2.05) is 36.4 Å². The highest BCUT2D eigenvalue weighted by atomic mass is 79.9. The van der Waals surface area contributed by atoms with Crippen LogP contribution in [-0.4, -0.2) is 5.71 Å². The molecule has 0 aliphatic heterocycles. The van der Waals surface area contributed by atoms with Gasteiger partial charge in [-0.05, 0) is 42.3 Å². The van der Waals surface area contributed by atoms with Gasteiger partial charge in [-0.3, -0.25) is 5.41 Å². The SMILES string of the molecule is CCC(=[NH2+])c1cccc(Br)c1.CC[C@H](N)c1cccc(Br)c1.[Cl-]. The molecule has 0 aliphatic carbocycles. The van der Waals surface area contributed by atoms with Crippen LogP contribution in [0, 0.1) is 0 Å². The van der Waals surface area contributed by atoms with E-state index in [2.05, 4.69) is 57.8 Å². The highest BCUT2D eigenvalue weighted by Crippen LogP contribution is 2.18. The molecule has 2 rings (SSSR count). The van der Waals surface area contributed by atoms with Crippen LogP contribution < -0.4 is 23.5 Å². The minimum Gasteiger partial charge on any atom is -1.00 e. The topological polar surface area (TPSA) is 51.6 Å². The molecular weight excluding hydrogens is 439 g/mol. The molecular formula is C18H23Br2ClN2. The van der Waals surface area contributed by atoms with Gasteiger partial charge in [0.25, 0.3) is 0 Å². The minimum atomic E-state index is 0. The molecule has 0 spiro atoms. The fourth-order valence-electron chi connectivity index (χ4n) is 1.87. The van der Waals surface area contributed by atoms with Crippen LogP contribution in [0.25, 0.3) is 0 Å². The summed E-state index contributed by atoms with van der Waals surface area (Å²) in [6.07, 6.45) is 1.88. The molecule has 0 aliphatic rings. The van der Waals surface area contributed by atoms with Crippen molar-refractivity contribution in [1.82, 2.24) is 0 Å². The molecule has 0 bridgehead atoms. The number of rotatable bonds is 4. The molecule has 23 heavy (non-hydrogen) atoms. The normalized spacial score (nSPS) is 10.8. The zero-order chi connectivity index (χ0) is 16.5. The van der Waals surface area contributed by atoms with Crippen molar-refractivity contribution in [2.75, 3.05) is 0 Å². The van der Waals surface area contributed by atoms with Crippen molar-refractivity contribution < 1.29 is 17.8 Å². The van der Waals surface area contributed by atoms with Crippen molar-refractivity contribution in [2.24, 2.45) is 5.73 Å². The fraction of sp³-hybridized carbons (Fsp3) is 0.278. The highest BCUT2D eigenvalue weighted by molar-refractivity contribution is 9.10. The van der Waals surface area contributed by atoms with Gasteiger partial charge < -0.3 is 18.1 Å². The van der Waals surface area contributed by atoms with E-state index in [-0.39, 0.29) is 18.4 Å². The van der Waals surface area contributed by atoms with Crippen LogP contribution in [-0.2, 0) is 0 Å². The molecule has 0 aromatic heterocycles. The Kier molecular flexibility index (Phi) is 11.4. The van der Waals surface area contributed by atoms with Crippen LogP contribution in [0.5, 0.6) is 0 Å². The highest BCUT2D eigenvalue weighted by Gasteiger charge is 2.03. The number of benzene rings is 2. The first-order valence-electron chi connectivity index (χ1n) is 7.36. The minimum absolute atomic E-state index is 0. The molecule has 0 saturated carbocycles. The van der Waals surface area contributed by atoms with Gasteiger partial charge in [0, 0.05) is 27.0 Å². The van der Waals surface area contributed by atoms with Crippen molar-refractivity contribution in [3.05, 3.63) is 68.6 Å². The molecule has 1 atom stereocenters. The molecule has 4 N–H and O–H groups in total. The molecule has 0 saturated heterocycles. The van der Waals surface area contributed by atoms with E-state index < -0.39 is 0 Å². The average molecular weight is 463 g/mol. The molecule has 0 fully saturated rings. The molecule has 0 unspecified atom stereocenters. The summed E-state index contributed by atoms with van der Waals surface area (Å²) in [5.74, 6) is 0. The quantitative estimate of drug-likeness (QED) is 0.661. The Labute approximate surface area is 162 Å². The number of hydrogen-bond acceptors (Lipinski definition) is 1. The first-order chi connectivity index (χ1) is 10.5. The van der Waals surface area contributed by atoms with Crippen molar-refractivity contribution >= 4 is 37.6 Å². The molecule has 126 valence electrons. The summed E-state index contributed by atoms with van der Waals surface area (Å²) in [5.41, 5.74) is 9.09. The van der Waals surface area contributed by atoms with Crippen LogP contribution in [0.15, 0.2) is 57.5 Å². The van der Waals surface area contributed by atoms with Gasteiger partial charge in [0.2, 0.25) is 0 Å². The van der Waals surface area contributed by atoms with E-state index in [1.165, 1.54) is 5.56 Å². The lowest BCUT2D eigenvalue weighted by atomic mass is 10.1. The zero-order valence-electron chi connectivity index (χ0n) is 13.4. The second-order valence-corrected chi connectivity index (χ2v) is 6.79. The first kappa shape index (κ1) is 22.3. The van der Waals surface area contributed by atoms with E-state index in [4.69, 9.17) is 11.1 Å². The van der Waals surface area contributed by atoms with E-state index in [1.54, 1.807) is 0 Å². The Morgan fingerprint density at radius 2 is 1.61 bits per heavy atom. The van der Waals surface area contributed by atoms with Crippen LogP contribution in [0.2, 0.25) is 0 Å². The maximum atomic E-state index is 5.84. The summed E-state index contributed by atoms with van der Waals surface area (Å²) in [4.78, 5) is 0. The maximum Gasteiger partial charge on any atom is 0.179 e. The Morgan fingerprint density at radius 3 is 2.09 bits per heavy atom. The average Bonchev–Trinajstić information content (AvgIpc) is 2.54. The molecule has 0 radical (unpaired) electrons. The van der Waals surface area contributed by atoms with Crippen LogP contribution in [0.1, 0.15) is 43.9 Å². The van der Waals surface area contributed by atoms with Gasteiger partial charge in [-0.2, -0.15) is 0 Å². The van der Waals surface area contributed by atoms with Gasteiger partial charge in [0.1, 0.15) is 0 Å². The summed E-state index contributed by atoms with van der Waals surface area (Å²) in [5, 5.41) is 5.76. The Hall–Kier alpha value is -0.680. The summed E-state index contributed by atoms with van der Waals surface area (Å²) < 4.78 is 2.17. The molecule has 0 amide bonds. The number of nitrogens with two attached hydrogens (primary N) is 2. The largest absolute Gasteiger partial charge is 1.00 e. The number of hydrogen-bond donors (Lipinski definition) is 2. The standard InChI is InChI=1S/C9H12BrN.C9H10BrN.ClH/c2*1-2-9(11)7-4-3-5-8(10)6-7;/h3-6,9H,2,11H2,1H3;3-6,11H,2H2,1H3;1H/t9-;;/m0../s1. The Balaban J connectivity index is 0.000000403. The van der Waals surface area contributed by atoms with Gasteiger partial charge in [-0.1, -0.05) is 63.9 Å². The zero-order valence-corrected chi connectivity index (χ0v) is 17.3. The number of halogens is 3. The van der Waals surface area contributed by atoms with Crippen LogP contribution >= 0.6 is 31.9 Å². The molecule has 2 nitrogen and oxygen atoms in total. The predicted octanol–water partition coefficient (Wildman–Crippen LogP) is 1.27. The van der Waals surface area contributed by atoms with E-state index in [0.29, 0.717) is 0 Å². The predicted molar refractivity (Wildman–Crippen MR) is 102 cm³/mol. The van der Waals surface area contributed by atoms with E-state index >= 15 is 0 Å². The molecule has 2 aromatic rings. The van der Waals surface area contributed by atoms with Crippen molar-refractivity contribution in [3.8, 4) is 0 Å².